The van der Waals surface area contributed by atoms with Crippen molar-refractivity contribution in [1.82, 2.24) is 15.1 Å². The minimum atomic E-state index is -0.166. The number of aromatic nitrogens is 2. The minimum absolute atomic E-state index is 0.166. The van der Waals surface area contributed by atoms with Crippen molar-refractivity contribution in [3.05, 3.63) is 60.9 Å². The van der Waals surface area contributed by atoms with Gasteiger partial charge in [0.25, 0.3) is 0 Å². The summed E-state index contributed by atoms with van der Waals surface area (Å²) in [5, 5.41) is 6.86. The van der Waals surface area contributed by atoms with Crippen LogP contribution in [0.2, 0.25) is 0 Å². The van der Waals surface area contributed by atoms with E-state index in [0.717, 1.165) is 11.3 Å². The van der Waals surface area contributed by atoms with Crippen molar-refractivity contribution < 1.29 is 4.79 Å². The lowest BCUT2D eigenvalue weighted by Crippen LogP contribution is -2.19. The molecule has 4 nitrogen and oxygen atoms in total. The number of carbonyl (C=O) groups is 1. The summed E-state index contributed by atoms with van der Waals surface area (Å²) < 4.78 is 1.78. The third-order valence-electron chi connectivity index (χ3n) is 2.36. The van der Waals surface area contributed by atoms with Crippen LogP contribution in [-0.4, -0.2) is 15.7 Å². The summed E-state index contributed by atoms with van der Waals surface area (Å²) in [6, 6.07) is 9.71. The van der Waals surface area contributed by atoms with Crippen molar-refractivity contribution in [3.8, 4) is 5.69 Å². The molecule has 86 valence electrons. The normalized spacial score (nSPS) is 9.88. The monoisotopic (exact) mass is 227 g/mol. The molecule has 0 fully saturated rings. The minimum Gasteiger partial charge on any atom is -0.348 e. The van der Waals surface area contributed by atoms with E-state index in [4.69, 9.17) is 0 Å². The van der Waals surface area contributed by atoms with Crippen LogP contribution in [0.4, 0.5) is 0 Å². The molecule has 0 atom stereocenters. The SMILES string of the molecule is C=CC(=O)NCc1ccc(-n2cccn2)cc1. The van der Waals surface area contributed by atoms with Crippen LogP contribution in [0.1, 0.15) is 5.56 Å². The molecule has 4 heteroatoms. The Balaban J connectivity index is 2.03. The second-order valence-electron chi connectivity index (χ2n) is 3.54. The Hall–Kier alpha value is -2.36. The number of benzene rings is 1. The second kappa shape index (κ2) is 5.12. The lowest BCUT2D eigenvalue weighted by molar-refractivity contribution is -0.116. The lowest BCUT2D eigenvalue weighted by atomic mass is 10.2. The van der Waals surface area contributed by atoms with Crippen molar-refractivity contribution in [1.29, 1.82) is 0 Å². The molecular formula is C13H13N3O. The zero-order valence-electron chi connectivity index (χ0n) is 9.34. The Morgan fingerprint density at radius 3 is 2.76 bits per heavy atom. The molecule has 17 heavy (non-hydrogen) atoms. The van der Waals surface area contributed by atoms with E-state index in [2.05, 4.69) is 17.0 Å². The Morgan fingerprint density at radius 1 is 1.41 bits per heavy atom. The van der Waals surface area contributed by atoms with Crippen LogP contribution in [0.15, 0.2) is 55.4 Å². The van der Waals surface area contributed by atoms with Gasteiger partial charge in [0.1, 0.15) is 0 Å². The van der Waals surface area contributed by atoms with E-state index < -0.39 is 0 Å². The van der Waals surface area contributed by atoms with Crippen LogP contribution in [0.5, 0.6) is 0 Å². The smallest absolute Gasteiger partial charge is 0.243 e. The standard InChI is InChI=1S/C13H13N3O/c1-2-13(17)14-10-11-4-6-12(7-5-11)16-9-3-8-15-16/h2-9H,1,10H2,(H,14,17). The number of hydrogen-bond acceptors (Lipinski definition) is 2. The molecule has 1 N–H and O–H groups in total. The van der Waals surface area contributed by atoms with Crippen LogP contribution < -0.4 is 5.32 Å². The molecule has 0 unspecified atom stereocenters. The molecule has 0 aliphatic rings. The van der Waals surface area contributed by atoms with Gasteiger partial charge in [-0.25, -0.2) is 4.68 Å². The van der Waals surface area contributed by atoms with E-state index in [1.165, 1.54) is 6.08 Å². The van der Waals surface area contributed by atoms with Crippen LogP contribution in [0, 0.1) is 0 Å². The Bertz CT molecular complexity index is 500. The van der Waals surface area contributed by atoms with Gasteiger partial charge in [-0.15, -0.1) is 0 Å². The largest absolute Gasteiger partial charge is 0.348 e. The maximum atomic E-state index is 11.0. The highest BCUT2D eigenvalue weighted by molar-refractivity contribution is 5.86. The Kier molecular flexibility index (Phi) is 3.35. The molecule has 0 saturated carbocycles. The Morgan fingerprint density at radius 2 is 2.18 bits per heavy atom. The number of nitrogens with zero attached hydrogens (tertiary/aromatic N) is 2. The molecule has 1 amide bonds. The maximum Gasteiger partial charge on any atom is 0.243 e. The van der Waals surface area contributed by atoms with E-state index in [9.17, 15) is 4.79 Å². The van der Waals surface area contributed by atoms with Gasteiger partial charge >= 0.3 is 0 Å². The van der Waals surface area contributed by atoms with E-state index in [1.807, 2.05) is 36.5 Å². The first-order valence-electron chi connectivity index (χ1n) is 5.29. The summed E-state index contributed by atoms with van der Waals surface area (Å²) in [6.45, 7) is 3.90. The molecule has 0 spiro atoms. The summed E-state index contributed by atoms with van der Waals surface area (Å²) in [4.78, 5) is 11.0. The summed E-state index contributed by atoms with van der Waals surface area (Å²) >= 11 is 0. The Labute approximate surface area is 99.6 Å². The predicted molar refractivity (Wildman–Crippen MR) is 65.6 cm³/mol. The van der Waals surface area contributed by atoms with E-state index in [1.54, 1.807) is 10.9 Å². The number of nitrogens with one attached hydrogen (secondary N) is 1. The van der Waals surface area contributed by atoms with E-state index in [-0.39, 0.29) is 5.91 Å². The molecule has 2 aromatic rings. The summed E-state index contributed by atoms with van der Waals surface area (Å²) in [5.41, 5.74) is 2.03. The molecule has 1 aromatic carbocycles. The highest BCUT2D eigenvalue weighted by Gasteiger charge is 1.98. The number of carbonyl (C=O) groups excluding carboxylic acids is 1. The van der Waals surface area contributed by atoms with Gasteiger partial charge in [-0.3, -0.25) is 4.79 Å². The van der Waals surface area contributed by atoms with Gasteiger partial charge in [-0.1, -0.05) is 18.7 Å². The fraction of sp³-hybridized carbons (Fsp3) is 0.0769. The zero-order valence-corrected chi connectivity index (χ0v) is 9.34. The number of amides is 1. The first kappa shape index (κ1) is 11.1. The van der Waals surface area contributed by atoms with Gasteiger partial charge in [0.05, 0.1) is 5.69 Å². The lowest BCUT2D eigenvalue weighted by Gasteiger charge is -2.05. The van der Waals surface area contributed by atoms with E-state index >= 15 is 0 Å². The first-order chi connectivity index (χ1) is 8.29. The molecule has 0 radical (unpaired) electrons. The van der Waals surface area contributed by atoms with Crippen molar-refractivity contribution in [3.63, 3.8) is 0 Å². The summed E-state index contributed by atoms with van der Waals surface area (Å²) in [6.07, 6.45) is 4.88. The zero-order chi connectivity index (χ0) is 12.1. The fourth-order valence-corrected chi connectivity index (χ4v) is 1.45. The van der Waals surface area contributed by atoms with Crippen molar-refractivity contribution in [2.75, 3.05) is 0 Å². The molecule has 0 saturated heterocycles. The van der Waals surface area contributed by atoms with Gasteiger partial charge in [-0.2, -0.15) is 5.10 Å². The number of hydrogen-bond donors (Lipinski definition) is 1. The van der Waals surface area contributed by atoms with Crippen molar-refractivity contribution in [2.24, 2.45) is 0 Å². The molecule has 0 bridgehead atoms. The van der Waals surface area contributed by atoms with Crippen LogP contribution >= 0.6 is 0 Å². The van der Waals surface area contributed by atoms with Crippen LogP contribution in [-0.2, 0) is 11.3 Å². The van der Waals surface area contributed by atoms with Crippen LogP contribution in [0.3, 0.4) is 0 Å². The third-order valence-corrected chi connectivity index (χ3v) is 2.36. The van der Waals surface area contributed by atoms with Gasteiger partial charge < -0.3 is 5.32 Å². The molecule has 1 aromatic heterocycles. The highest BCUT2D eigenvalue weighted by atomic mass is 16.1. The summed E-state index contributed by atoms with van der Waals surface area (Å²) in [5.74, 6) is -0.166. The molecule has 2 rings (SSSR count). The predicted octanol–water partition coefficient (Wildman–Crippen LogP) is 1.67. The first-order valence-corrected chi connectivity index (χ1v) is 5.29. The molecule has 0 aliphatic heterocycles. The maximum absolute atomic E-state index is 11.0. The molecule has 0 aliphatic carbocycles. The van der Waals surface area contributed by atoms with Gasteiger partial charge in [-0.05, 0) is 29.8 Å². The topological polar surface area (TPSA) is 46.9 Å². The molecule has 1 heterocycles. The molecular weight excluding hydrogens is 214 g/mol. The quantitative estimate of drug-likeness (QED) is 0.808. The highest BCUT2D eigenvalue weighted by Crippen LogP contribution is 2.08. The van der Waals surface area contributed by atoms with Gasteiger partial charge in [0, 0.05) is 18.9 Å². The average molecular weight is 227 g/mol. The third kappa shape index (κ3) is 2.81. The summed E-state index contributed by atoms with van der Waals surface area (Å²) in [7, 11) is 0. The van der Waals surface area contributed by atoms with Crippen molar-refractivity contribution >= 4 is 5.91 Å². The van der Waals surface area contributed by atoms with E-state index in [0.29, 0.717) is 6.54 Å². The van der Waals surface area contributed by atoms with Gasteiger partial charge in [0.2, 0.25) is 5.91 Å². The number of rotatable bonds is 4. The second-order valence-corrected chi connectivity index (χ2v) is 3.54. The van der Waals surface area contributed by atoms with Crippen molar-refractivity contribution in [2.45, 2.75) is 6.54 Å². The van der Waals surface area contributed by atoms with Gasteiger partial charge in [0.15, 0.2) is 0 Å². The average Bonchev–Trinajstić information content (AvgIpc) is 2.90. The fourth-order valence-electron chi connectivity index (χ4n) is 1.45. The van der Waals surface area contributed by atoms with Crippen LogP contribution in [0.25, 0.3) is 5.69 Å².